The van der Waals surface area contributed by atoms with Gasteiger partial charge in [-0.2, -0.15) is 0 Å². The number of ether oxygens (including phenoxy) is 3. The summed E-state index contributed by atoms with van der Waals surface area (Å²) in [5.74, 6) is 0.906. The van der Waals surface area contributed by atoms with Crippen LogP contribution >= 0.6 is 0 Å². The van der Waals surface area contributed by atoms with E-state index >= 15 is 0 Å². The second kappa shape index (κ2) is 6.05. The van der Waals surface area contributed by atoms with Gasteiger partial charge in [0, 0.05) is 5.56 Å². The highest BCUT2D eigenvalue weighted by Crippen LogP contribution is 2.24. The van der Waals surface area contributed by atoms with Crippen LogP contribution < -0.4 is 9.47 Å². The second-order valence-corrected chi connectivity index (χ2v) is 3.97. The molecule has 1 aromatic heterocycles. The summed E-state index contributed by atoms with van der Waals surface area (Å²) in [5.41, 5.74) is 1.03. The predicted octanol–water partition coefficient (Wildman–Crippen LogP) is 1.13. The third-order valence-corrected chi connectivity index (χ3v) is 2.75. The summed E-state index contributed by atoms with van der Waals surface area (Å²) in [5, 5.41) is 7.63. The molecule has 0 saturated heterocycles. The van der Waals surface area contributed by atoms with Crippen molar-refractivity contribution in [2.24, 2.45) is 0 Å². The maximum absolute atomic E-state index is 11.3. The van der Waals surface area contributed by atoms with Crippen LogP contribution in [0.3, 0.4) is 0 Å². The molecule has 1 heterocycles. The van der Waals surface area contributed by atoms with E-state index in [1.54, 1.807) is 14.2 Å². The molecule has 0 bridgehead atoms. The van der Waals surface area contributed by atoms with Gasteiger partial charge in [0.15, 0.2) is 5.69 Å². The van der Waals surface area contributed by atoms with Crippen LogP contribution in [0.5, 0.6) is 11.5 Å². The molecule has 0 N–H and O–H groups in total. The fourth-order valence-corrected chi connectivity index (χ4v) is 1.75. The van der Waals surface area contributed by atoms with Crippen molar-refractivity contribution in [3.05, 3.63) is 35.7 Å². The molecule has 0 aliphatic carbocycles. The number of carbonyl (C=O) groups excluding carboxylic acids is 1. The van der Waals surface area contributed by atoms with Crippen LogP contribution in [0.1, 0.15) is 16.1 Å². The zero-order chi connectivity index (χ0) is 14.5. The number of carbonyl (C=O) groups is 1. The zero-order valence-corrected chi connectivity index (χ0v) is 11.5. The van der Waals surface area contributed by atoms with Crippen molar-refractivity contribution in [2.45, 2.75) is 6.54 Å². The number of esters is 1. The molecular weight excluding hydrogens is 262 g/mol. The van der Waals surface area contributed by atoms with E-state index in [9.17, 15) is 4.79 Å². The number of aromatic nitrogens is 3. The van der Waals surface area contributed by atoms with Crippen molar-refractivity contribution >= 4 is 5.97 Å². The van der Waals surface area contributed by atoms with Crippen molar-refractivity contribution in [3.63, 3.8) is 0 Å². The molecule has 7 nitrogen and oxygen atoms in total. The highest BCUT2D eigenvalue weighted by atomic mass is 16.5. The van der Waals surface area contributed by atoms with Gasteiger partial charge >= 0.3 is 5.97 Å². The monoisotopic (exact) mass is 277 g/mol. The highest BCUT2D eigenvalue weighted by Gasteiger charge is 2.12. The molecule has 0 unspecified atom stereocenters. The van der Waals surface area contributed by atoms with Crippen molar-refractivity contribution < 1.29 is 19.0 Å². The fraction of sp³-hybridized carbons (Fsp3) is 0.308. The number of benzene rings is 1. The van der Waals surface area contributed by atoms with Gasteiger partial charge in [-0.15, -0.1) is 5.10 Å². The van der Waals surface area contributed by atoms with Gasteiger partial charge in [0.25, 0.3) is 0 Å². The van der Waals surface area contributed by atoms with Gasteiger partial charge < -0.3 is 14.2 Å². The topological polar surface area (TPSA) is 75.5 Å². The summed E-state index contributed by atoms with van der Waals surface area (Å²) in [4.78, 5) is 11.3. The van der Waals surface area contributed by atoms with E-state index in [1.807, 2.05) is 18.2 Å². The molecule has 20 heavy (non-hydrogen) atoms. The summed E-state index contributed by atoms with van der Waals surface area (Å²) >= 11 is 0. The number of nitrogens with zero attached hydrogens (tertiary/aromatic N) is 3. The van der Waals surface area contributed by atoms with Crippen molar-refractivity contribution in [3.8, 4) is 11.5 Å². The Hall–Kier alpha value is -2.57. The molecule has 0 fully saturated rings. The molecule has 106 valence electrons. The summed E-state index contributed by atoms with van der Waals surface area (Å²) in [6.45, 7) is 0.407. The van der Waals surface area contributed by atoms with Crippen LogP contribution in [0.2, 0.25) is 0 Å². The van der Waals surface area contributed by atoms with Gasteiger partial charge in [0.2, 0.25) is 0 Å². The minimum absolute atomic E-state index is 0.161. The van der Waals surface area contributed by atoms with E-state index in [1.165, 1.54) is 18.0 Å². The first-order valence-electron chi connectivity index (χ1n) is 5.87. The number of hydrogen-bond acceptors (Lipinski definition) is 6. The fourth-order valence-electron chi connectivity index (χ4n) is 1.75. The van der Waals surface area contributed by atoms with Gasteiger partial charge in [-0.25, -0.2) is 9.48 Å². The molecule has 7 heteroatoms. The average Bonchev–Trinajstić information content (AvgIpc) is 2.94. The smallest absolute Gasteiger partial charge is 0.360 e. The molecule has 0 spiro atoms. The lowest BCUT2D eigenvalue weighted by molar-refractivity contribution is 0.0594. The molecule has 0 aliphatic heterocycles. The summed E-state index contributed by atoms with van der Waals surface area (Å²) < 4.78 is 16.6. The molecule has 0 saturated carbocycles. The number of hydrogen-bond donors (Lipinski definition) is 0. The minimum atomic E-state index is -0.520. The molecule has 2 aromatic rings. The van der Waals surface area contributed by atoms with Crippen LogP contribution in [0.25, 0.3) is 0 Å². The average molecular weight is 277 g/mol. The lowest BCUT2D eigenvalue weighted by Crippen LogP contribution is -2.03. The minimum Gasteiger partial charge on any atom is -0.497 e. The van der Waals surface area contributed by atoms with E-state index in [0.717, 1.165) is 5.56 Å². The van der Waals surface area contributed by atoms with E-state index in [0.29, 0.717) is 18.0 Å². The first-order valence-corrected chi connectivity index (χ1v) is 5.87. The first kappa shape index (κ1) is 13.9. The van der Waals surface area contributed by atoms with Crippen LogP contribution in [-0.2, 0) is 11.3 Å². The van der Waals surface area contributed by atoms with Gasteiger partial charge in [0.1, 0.15) is 11.5 Å². The van der Waals surface area contributed by atoms with Crippen LogP contribution in [0.15, 0.2) is 24.4 Å². The Bertz CT molecular complexity index is 609. The zero-order valence-electron chi connectivity index (χ0n) is 11.5. The first-order chi connectivity index (χ1) is 9.67. The Morgan fingerprint density at radius 2 is 2.05 bits per heavy atom. The summed E-state index contributed by atoms with van der Waals surface area (Å²) in [6.07, 6.45) is 1.52. The molecule has 0 atom stereocenters. The number of rotatable bonds is 5. The van der Waals surface area contributed by atoms with Crippen LogP contribution in [0, 0.1) is 0 Å². The predicted molar refractivity (Wildman–Crippen MR) is 70.0 cm³/mol. The third kappa shape index (κ3) is 2.87. The molecule has 0 aliphatic rings. The number of methoxy groups -OCH3 is 3. The Morgan fingerprint density at radius 1 is 1.25 bits per heavy atom. The van der Waals surface area contributed by atoms with Crippen molar-refractivity contribution in [2.75, 3.05) is 21.3 Å². The van der Waals surface area contributed by atoms with E-state index in [4.69, 9.17) is 9.47 Å². The standard InChI is InChI=1S/C13H15N3O4/c1-18-10-4-5-12(19-2)9(6-10)7-16-8-11(14-15-16)13(17)20-3/h4-6,8H,7H2,1-3H3. The Kier molecular flexibility index (Phi) is 4.19. The third-order valence-electron chi connectivity index (χ3n) is 2.75. The van der Waals surface area contributed by atoms with Gasteiger partial charge in [-0.1, -0.05) is 5.21 Å². The highest BCUT2D eigenvalue weighted by molar-refractivity contribution is 5.86. The largest absolute Gasteiger partial charge is 0.497 e. The second-order valence-electron chi connectivity index (χ2n) is 3.97. The van der Waals surface area contributed by atoms with Crippen LogP contribution in [-0.4, -0.2) is 42.3 Å². The molecule has 0 radical (unpaired) electrons. The maximum atomic E-state index is 11.3. The summed E-state index contributed by atoms with van der Waals surface area (Å²) in [6, 6.07) is 5.47. The lowest BCUT2D eigenvalue weighted by atomic mass is 10.2. The van der Waals surface area contributed by atoms with E-state index in [2.05, 4.69) is 15.0 Å². The molecular formula is C13H15N3O4. The maximum Gasteiger partial charge on any atom is 0.360 e. The van der Waals surface area contributed by atoms with Crippen LogP contribution in [0.4, 0.5) is 0 Å². The van der Waals surface area contributed by atoms with Crippen molar-refractivity contribution in [1.29, 1.82) is 0 Å². The quantitative estimate of drug-likeness (QED) is 0.763. The van der Waals surface area contributed by atoms with E-state index < -0.39 is 5.97 Å². The lowest BCUT2D eigenvalue weighted by Gasteiger charge is -2.10. The molecule has 2 rings (SSSR count). The summed E-state index contributed by atoms with van der Waals surface area (Å²) in [7, 11) is 4.48. The van der Waals surface area contributed by atoms with Gasteiger partial charge in [0.05, 0.1) is 34.1 Å². The molecule has 0 amide bonds. The molecule has 1 aromatic carbocycles. The van der Waals surface area contributed by atoms with Gasteiger partial charge in [-0.05, 0) is 18.2 Å². The Balaban J connectivity index is 2.24. The van der Waals surface area contributed by atoms with E-state index in [-0.39, 0.29) is 5.69 Å². The Morgan fingerprint density at radius 3 is 2.70 bits per heavy atom. The van der Waals surface area contributed by atoms with Gasteiger partial charge in [-0.3, -0.25) is 0 Å². The Labute approximate surface area is 116 Å². The van der Waals surface area contributed by atoms with Crippen molar-refractivity contribution in [1.82, 2.24) is 15.0 Å². The normalized spacial score (nSPS) is 10.2. The SMILES string of the molecule is COC(=O)c1cn(Cc2cc(OC)ccc2OC)nn1.